The second kappa shape index (κ2) is 3.59. The molecule has 76 valence electrons. The van der Waals surface area contributed by atoms with Gasteiger partial charge in [-0.15, -0.1) is 23.2 Å². The molecule has 0 bridgehead atoms. The smallest absolute Gasteiger partial charge is 0.125 e. The first kappa shape index (κ1) is 10.1. The molecule has 1 aliphatic carbocycles. The summed E-state index contributed by atoms with van der Waals surface area (Å²) in [5.41, 5.74) is 1.16. The highest BCUT2D eigenvalue weighted by molar-refractivity contribution is 6.50. The van der Waals surface area contributed by atoms with E-state index in [1.807, 2.05) is 25.3 Å². The lowest BCUT2D eigenvalue weighted by Gasteiger charge is -2.05. The highest BCUT2D eigenvalue weighted by atomic mass is 35.5. The Morgan fingerprint density at radius 1 is 1.57 bits per heavy atom. The van der Waals surface area contributed by atoms with E-state index in [0.29, 0.717) is 5.92 Å². The standard InChI is InChI=1S/C10H12Cl2N2/c1-7-2-3-9(13-5-7)14-6-8-4-10(8,11)12/h2-3,5,8H,4,6H2,1H3,(H,13,14). The van der Waals surface area contributed by atoms with Gasteiger partial charge < -0.3 is 5.32 Å². The van der Waals surface area contributed by atoms with Gasteiger partial charge >= 0.3 is 0 Å². The summed E-state index contributed by atoms with van der Waals surface area (Å²) in [5, 5.41) is 3.21. The van der Waals surface area contributed by atoms with Gasteiger partial charge in [0.15, 0.2) is 0 Å². The monoisotopic (exact) mass is 230 g/mol. The first-order valence-electron chi connectivity index (χ1n) is 4.62. The van der Waals surface area contributed by atoms with Crippen molar-refractivity contribution in [3.63, 3.8) is 0 Å². The summed E-state index contributed by atoms with van der Waals surface area (Å²) in [6.07, 6.45) is 2.71. The first-order chi connectivity index (χ1) is 6.58. The summed E-state index contributed by atoms with van der Waals surface area (Å²) in [7, 11) is 0. The van der Waals surface area contributed by atoms with Crippen LogP contribution in [0.2, 0.25) is 0 Å². The van der Waals surface area contributed by atoms with Crippen molar-refractivity contribution in [1.29, 1.82) is 0 Å². The van der Waals surface area contributed by atoms with Crippen molar-refractivity contribution in [2.75, 3.05) is 11.9 Å². The Hall–Kier alpha value is -0.470. The van der Waals surface area contributed by atoms with Crippen LogP contribution in [-0.2, 0) is 0 Å². The van der Waals surface area contributed by atoms with Gasteiger partial charge in [-0.2, -0.15) is 0 Å². The maximum absolute atomic E-state index is 5.90. The average molecular weight is 231 g/mol. The number of pyridine rings is 1. The summed E-state index contributed by atoms with van der Waals surface area (Å²) >= 11 is 11.8. The van der Waals surface area contributed by atoms with Gasteiger partial charge in [-0.05, 0) is 25.0 Å². The molecule has 14 heavy (non-hydrogen) atoms. The third kappa shape index (κ3) is 2.31. The lowest BCUT2D eigenvalue weighted by atomic mass is 10.3. The normalized spacial score (nSPS) is 23.2. The molecule has 1 N–H and O–H groups in total. The van der Waals surface area contributed by atoms with E-state index in [1.54, 1.807) is 0 Å². The Bertz CT molecular complexity index is 321. The molecular weight excluding hydrogens is 219 g/mol. The highest BCUT2D eigenvalue weighted by Crippen LogP contribution is 2.52. The predicted octanol–water partition coefficient (Wildman–Crippen LogP) is 3.00. The number of halogens is 2. The average Bonchev–Trinajstić information content (AvgIpc) is 2.73. The fourth-order valence-electron chi connectivity index (χ4n) is 1.29. The minimum absolute atomic E-state index is 0.355. The topological polar surface area (TPSA) is 24.9 Å². The van der Waals surface area contributed by atoms with Crippen molar-refractivity contribution in [2.24, 2.45) is 5.92 Å². The SMILES string of the molecule is Cc1ccc(NCC2CC2(Cl)Cl)nc1. The molecule has 1 aromatic rings. The lowest BCUT2D eigenvalue weighted by molar-refractivity contribution is 0.869. The molecule has 2 rings (SSSR count). The molecule has 1 fully saturated rings. The Labute approximate surface area is 93.6 Å². The van der Waals surface area contributed by atoms with E-state index in [2.05, 4.69) is 10.3 Å². The van der Waals surface area contributed by atoms with Crippen LogP contribution in [0.15, 0.2) is 18.3 Å². The molecular formula is C10H12Cl2N2. The van der Waals surface area contributed by atoms with Crippen LogP contribution in [0.1, 0.15) is 12.0 Å². The van der Waals surface area contributed by atoms with Gasteiger partial charge in [0.05, 0.1) is 0 Å². The van der Waals surface area contributed by atoms with Gasteiger partial charge in [0.25, 0.3) is 0 Å². The minimum atomic E-state index is -0.502. The van der Waals surface area contributed by atoms with Crippen molar-refractivity contribution in [3.05, 3.63) is 23.9 Å². The summed E-state index contributed by atoms with van der Waals surface area (Å²) < 4.78 is -0.502. The quantitative estimate of drug-likeness (QED) is 0.809. The maximum atomic E-state index is 5.90. The molecule has 2 nitrogen and oxygen atoms in total. The zero-order chi connectivity index (χ0) is 10.2. The van der Waals surface area contributed by atoms with Gasteiger partial charge in [-0.25, -0.2) is 4.98 Å². The van der Waals surface area contributed by atoms with Gasteiger partial charge in [0.2, 0.25) is 0 Å². The van der Waals surface area contributed by atoms with Crippen LogP contribution in [0.3, 0.4) is 0 Å². The van der Waals surface area contributed by atoms with Crippen LogP contribution < -0.4 is 5.32 Å². The van der Waals surface area contributed by atoms with E-state index in [0.717, 1.165) is 24.3 Å². The predicted molar refractivity (Wildman–Crippen MR) is 60.0 cm³/mol. The van der Waals surface area contributed by atoms with Crippen LogP contribution in [0.25, 0.3) is 0 Å². The van der Waals surface area contributed by atoms with Crippen LogP contribution in [0, 0.1) is 12.8 Å². The molecule has 1 unspecified atom stereocenters. The largest absolute Gasteiger partial charge is 0.370 e. The minimum Gasteiger partial charge on any atom is -0.370 e. The number of hydrogen-bond acceptors (Lipinski definition) is 2. The van der Waals surface area contributed by atoms with Crippen molar-refractivity contribution >= 4 is 29.0 Å². The van der Waals surface area contributed by atoms with Crippen molar-refractivity contribution < 1.29 is 0 Å². The van der Waals surface area contributed by atoms with Crippen LogP contribution >= 0.6 is 23.2 Å². The Morgan fingerprint density at radius 2 is 2.29 bits per heavy atom. The number of rotatable bonds is 3. The molecule has 4 heteroatoms. The fraction of sp³-hybridized carbons (Fsp3) is 0.500. The number of anilines is 1. The highest BCUT2D eigenvalue weighted by Gasteiger charge is 2.51. The molecule has 0 radical (unpaired) electrons. The van der Waals surface area contributed by atoms with Crippen molar-refractivity contribution in [3.8, 4) is 0 Å². The number of nitrogens with zero attached hydrogens (tertiary/aromatic N) is 1. The second-order valence-electron chi connectivity index (χ2n) is 3.76. The number of nitrogens with one attached hydrogen (secondary N) is 1. The number of aryl methyl sites for hydroxylation is 1. The molecule has 0 aliphatic heterocycles. The second-order valence-corrected chi connectivity index (χ2v) is 5.31. The summed E-state index contributed by atoms with van der Waals surface area (Å²) in [6.45, 7) is 2.81. The molecule has 1 aliphatic rings. The zero-order valence-corrected chi connectivity index (χ0v) is 9.44. The number of alkyl halides is 2. The molecule has 1 heterocycles. The molecule has 1 aromatic heterocycles. The molecule has 0 spiro atoms. The third-order valence-electron chi connectivity index (χ3n) is 2.40. The fourth-order valence-corrected chi connectivity index (χ4v) is 1.82. The van der Waals surface area contributed by atoms with E-state index in [4.69, 9.17) is 23.2 Å². The molecule has 0 saturated heterocycles. The van der Waals surface area contributed by atoms with E-state index in [9.17, 15) is 0 Å². The van der Waals surface area contributed by atoms with Crippen LogP contribution in [-0.4, -0.2) is 15.9 Å². The van der Waals surface area contributed by atoms with Crippen LogP contribution in [0.5, 0.6) is 0 Å². The van der Waals surface area contributed by atoms with Crippen molar-refractivity contribution in [1.82, 2.24) is 4.98 Å². The Morgan fingerprint density at radius 3 is 2.79 bits per heavy atom. The summed E-state index contributed by atoms with van der Waals surface area (Å²) in [4.78, 5) is 4.23. The molecule has 1 saturated carbocycles. The van der Waals surface area contributed by atoms with E-state index >= 15 is 0 Å². The molecule has 0 aromatic carbocycles. The van der Waals surface area contributed by atoms with Gasteiger partial charge in [-0.3, -0.25) is 0 Å². The maximum Gasteiger partial charge on any atom is 0.125 e. The Kier molecular flexibility index (Phi) is 2.58. The summed E-state index contributed by atoms with van der Waals surface area (Å²) in [5.74, 6) is 1.24. The van der Waals surface area contributed by atoms with E-state index < -0.39 is 4.33 Å². The zero-order valence-electron chi connectivity index (χ0n) is 7.93. The van der Waals surface area contributed by atoms with Crippen LogP contribution in [0.4, 0.5) is 5.82 Å². The van der Waals surface area contributed by atoms with Gasteiger partial charge in [0.1, 0.15) is 10.2 Å². The van der Waals surface area contributed by atoms with E-state index in [-0.39, 0.29) is 0 Å². The Balaban J connectivity index is 1.84. The van der Waals surface area contributed by atoms with E-state index in [1.165, 1.54) is 0 Å². The third-order valence-corrected chi connectivity index (χ3v) is 3.32. The molecule has 0 amide bonds. The number of aromatic nitrogens is 1. The molecule has 1 atom stereocenters. The van der Waals surface area contributed by atoms with Crippen molar-refractivity contribution in [2.45, 2.75) is 17.7 Å². The summed E-state index contributed by atoms with van der Waals surface area (Å²) in [6, 6.07) is 3.98. The van der Waals surface area contributed by atoms with Gasteiger partial charge in [0, 0.05) is 18.7 Å². The number of hydrogen-bond donors (Lipinski definition) is 1. The lowest BCUT2D eigenvalue weighted by Crippen LogP contribution is -2.08. The van der Waals surface area contributed by atoms with Gasteiger partial charge in [-0.1, -0.05) is 6.07 Å². The first-order valence-corrected chi connectivity index (χ1v) is 5.38.